The minimum Gasteiger partial charge on any atom is -0.481 e. The van der Waals surface area contributed by atoms with Gasteiger partial charge in [0.2, 0.25) is 0 Å². The third-order valence-electron chi connectivity index (χ3n) is 3.56. The third kappa shape index (κ3) is 3.31. The number of nitrogens with two attached hydrogens (primary N) is 1. The smallest absolute Gasteiger partial charge is 0.307 e. The van der Waals surface area contributed by atoms with Gasteiger partial charge in [0.05, 0.1) is 6.42 Å². The molecule has 1 aliphatic rings. The Morgan fingerprint density at radius 3 is 2.72 bits per heavy atom. The van der Waals surface area contributed by atoms with Crippen molar-refractivity contribution in [1.82, 2.24) is 4.90 Å². The summed E-state index contributed by atoms with van der Waals surface area (Å²) in [6.07, 6.45) is 1.25. The predicted octanol–water partition coefficient (Wildman–Crippen LogP) is 1.09. The summed E-state index contributed by atoms with van der Waals surface area (Å²) in [5.74, 6) is -0.180. The maximum absolute atomic E-state index is 10.8. The second-order valence-corrected chi connectivity index (χ2v) is 4.96. The average molecular weight is 248 g/mol. The van der Waals surface area contributed by atoms with Gasteiger partial charge in [-0.1, -0.05) is 24.3 Å². The maximum atomic E-state index is 10.8. The molecule has 0 spiro atoms. The Morgan fingerprint density at radius 1 is 1.39 bits per heavy atom. The summed E-state index contributed by atoms with van der Waals surface area (Å²) < 4.78 is 0. The molecule has 0 saturated carbocycles. The molecule has 0 aromatic heterocycles. The van der Waals surface area contributed by atoms with E-state index in [-0.39, 0.29) is 6.42 Å². The molecule has 1 heterocycles. The van der Waals surface area contributed by atoms with Crippen molar-refractivity contribution in [2.24, 2.45) is 11.7 Å². The van der Waals surface area contributed by atoms with E-state index >= 15 is 0 Å². The molecule has 1 aliphatic heterocycles. The number of carboxylic acids is 1. The first-order valence-electron chi connectivity index (χ1n) is 6.40. The van der Waals surface area contributed by atoms with Crippen molar-refractivity contribution in [3.63, 3.8) is 0 Å². The fourth-order valence-corrected chi connectivity index (χ4v) is 2.54. The standard InChI is InChI=1S/C14H20N2O2/c15-8-11-5-6-16(9-11)10-13-4-2-1-3-12(13)7-14(17)18/h1-4,11H,5-10,15H2,(H,17,18). The Kier molecular flexibility index (Phi) is 4.33. The van der Waals surface area contributed by atoms with E-state index in [9.17, 15) is 4.79 Å². The van der Waals surface area contributed by atoms with Crippen molar-refractivity contribution in [3.05, 3.63) is 35.4 Å². The van der Waals surface area contributed by atoms with Crippen LogP contribution in [0.5, 0.6) is 0 Å². The van der Waals surface area contributed by atoms with Crippen LogP contribution in [-0.4, -0.2) is 35.6 Å². The lowest BCUT2D eigenvalue weighted by Gasteiger charge is -2.17. The highest BCUT2D eigenvalue weighted by molar-refractivity contribution is 5.70. The maximum Gasteiger partial charge on any atom is 0.307 e. The van der Waals surface area contributed by atoms with Gasteiger partial charge in [-0.05, 0) is 36.6 Å². The van der Waals surface area contributed by atoms with Gasteiger partial charge >= 0.3 is 5.97 Å². The van der Waals surface area contributed by atoms with E-state index in [1.165, 1.54) is 0 Å². The summed E-state index contributed by atoms with van der Waals surface area (Å²) in [6, 6.07) is 7.79. The van der Waals surface area contributed by atoms with Gasteiger partial charge in [-0.2, -0.15) is 0 Å². The van der Waals surface area contributed by atoms with Crippen molar-refractivity contribution in [2.75, 3.05) is 19.6 Å². The van der Waals surface area contributed by atoms with Crippen molar-refractivity contribution >= 4 is 5.97 Å². The Hall–Kier alpha value is -1.39. The summed E-state index contributed by atoms with van der Waals surface area (Å²) in [5, 5.41) is 8.90. The largest absolute Gasteiger partial charge is 0.481 e. The normalized spacial score (nSPS) is 20.2. The van der Waals surface area contributed by atoms with E-state index < -0.39 is 5.97 Å². The molecule has 98 valence electrons. The molecule has 0 aliphatic carbocycles. The second kappa shape index (κ2) is 5.98. The Labute approximate surface area is 107 Å². The number of likely N-dealkylation sites (tertiary alicyclic amines) is 1. The molecular formula is C14H20N2O2. The number of rotatable bonds is 5. The second-order valence-electron chi connectivity index (χ2n) is 4.96. The van der Waals surface area contributed by atoms with Crippen molar-refractivity contribution in [3.8, 4) is 0 Å². The lowest BCUT2D eigenvalue weighted by atomic mass is 10.0. The molecule has 2 rings (SSSR count). The minimum atomic E-state index is -0.774. The molecule has 4 nitrogen and oxygen atoms in total. The molecule has 0 radical (unpaired) electrons. The Balaban J connectivity index is 2.02. The van der Waals surface area contributed by atoms with Crippen LogP contribution in [0.2, 0.25) is 0 Å². The molecule has 1 saturated heterocycles. The fourth-order valence-electron chi connectivity index (χ4n) is 2.54. The molecule has 3 N–H and O–H groups in total. The van der Waals surface area contributed by atoms with Crippen molar-refractivity contribution < 1.29 is 9.90 Å². The van der Waals surface area contributed by atoms with Gasteiger partial charge in [-0.15, -0.1) is 0 Å². The number of hydrogen-bond acceptors (Lipinski definition) is 3. The first kappa shape index (κ1) is 13.1. The zero-order chi connectivity index (χ0) is 13.0. The zero-order valence-electron chi connectivity index (χ0n) is 10.5. The minimum absolute atomic E-state index is 0.102. The SMILES string of the molecule is NCC1CCN(Cc2ccccc2CC(=O)O)C1. The summed E-state index contributed by atoms with van der Waals surface area (Å²) in [7, 11) is 0. The van der Waals surface area contributed by atoms with Gasteiger partial charge in [0, 0.05) is 13.1 Å². The van der Waals surface area contributed by atoms with Crippen LogP contribution in [-0.2, 0) is 17.8 Å². The summed E-state index contributed by atoms with van der Waals surface area (Å²) in [5.41, 5.74) is 7.72. The highest BCUT2D eigenvalue weighted by atomic mass is 16.4. The molecule has 1 atom stereocenters. The fraction of sp³-hybridized carbons (Fsp3) is 0.500. The van der Waals surface area contributed by atoms with Crippen LogP contribution < -0.4 is 5.73 Å². The van der Waals surface area contributed by atoms with Crippen molar-refractivity contribution in [1.29, 1.82) is 0 Å². The van der Waals surface area contributed by atoms with Gasteiger partial charge in [0.25, 0.3) is 0 Å². The summed E-state index contributed by atoms with van der Waals surface area (Å²) in [6.45, 7) is 3.66. The molecule has 1 aromatic rings. The van der Waals surface area contributed by atoms with Crippen molar-refractivity contribution in [2.45, 2.75) is 19.4 Å². The van der Waals surface area contributed by atoms with Gasteiger partial charge in [-0.3, -0.25) is 9.69 Å². The molecular weight excluding hydrogens is 228 g/mol. The molecule has 0 amide bonds. The first-order valence-corrected chi connectivity index (χ1v) is 6.40. The van der Waals surface area contributed by atoms with Gasteiger partial charge in [0.15, 0.2) is 0 Å². The van der Waals surface area contributed by atoms with Crippen LogP contribution in [0.1, 0.15) is 17.5 Å². The van der Waals surface area contributed by atoms with E-state index in [1.54, 1.807) is 0 Å². The summed E-state index contributed by atoms with van der Waals surface area (Å²) >= 11 is 0. The molecule has 4 heteroatoms. The monoisotopic (exact) mass is 248 g/mol. The predicted molar refractivity (Wildman–Crippen MR) is 70.2 cm³/mol. The van der Waals surface area contributed by atoms with Gasteiger partial charge < -0.3 is 10.8 Å². The van der Waals surface area contributed by atoms with Gasteiger partial charge in [-0.25, -0.2) is 0 Å². The number of nitrogens with zero attached hydrogens (tertiary/aromatic N) is 1. The summed E-state index contributed by atoms with van der Waals surface area (Å²) in [4.78, 5) is 13.2. The topological polar surface area (TPSA) is 66.6 Å². The molecule has 1 fully saturated rings. The van der Waals surface area contributed by atoms with Crippen LogP contribution in [0, 0.1) is 5.92 Å². The number of aliphatic carboxylic acids is 1. The van der Waals surface area contributed by atoms with Crippen LogP contribution >= 0.6 is 0 Å². The number of hydrogen-bond donors (Lipinski definition) is 2. The van der Waals surface area contributed by atoms with Crippen LogP contribution in [0.25, 0.3) is 0 Å². The Morgan fingerprint density at radius 2 is 2.11 bits per heavy atom. The molecule has 1 aromatic carbocycles. The van der Waals surface area contributed by atoms with E-state index in [0.717, 1.165) is 43.7 Å². The van der Waals surface area contributed by atoms with Gasteiger partial charge in [0.1, 0.15) is 0 Å². The zero-order valence-corrected chi connectivity index (χ0v) is 10.5. The highest BCUT2D eigenvalue weighted by Crippen LogP contribution is 2.19. The number of benzene rings is 1. The Bertz CT molecular complexity index is 420. The lowest BCUT2D eigenvalue weighted by molar-refractivity contribution is -0.136. The average Bonchev–Trinajstić information content (AvgIpc) is 2.79. The van der Waals surface area contributed by atoms with Crippen LogP contribution in [0.3, 0.4) is 0 Å². The van der Waals surface area contributed by atoms with Crippen LogP contribution in [0.15, 0.2) is 24.3 Å². The first-order chi connectivity index (χ1) is 8.69. The highest BCUT2D eigenvalue weighted by Gasteiger charge is 2.21. The quantitative estimate of drug-likeness (QED) is 0.818. The molecule has 0 bridgehead atoms. The number of carbonyl (C=O) groups is 1. The van der Waals surface area contributed by atoms with E-state index in [1.807, 2.05) is 24.3 Å². The number of carboxylic acid groups (broad SMARTS) is 1. The lowest BCUT2D eigenvalue weighted by Crippen LogP contribution is -2.23. The van der Waals surface area contributed by atoms with E-state index in [2.05, 4.69) is 4.90 Å². The van der Waals surface area contributed by atoms with Crippen LogP contribution in [0.4, 0.5) is 0 Å². The third-order valence-corrected chi connectivity index (χ3v) is 3.56. The molecule has 1 unspecified atom stereocenters. The molecule has 18 heavy (non-hydrogen) atoms. The van der Waals surface area contributed by atoms with E-state index in [0.29, 0.717) is 5.92 Å². The van der Waals surface area contributed by atoms with E-state index in [4.69, 9.17) is 10.8 Å².